The molecule has 0 radical (unpaired) electrons. The molecular formula is C21H22N4O3. The molecule has 0 spiro atoms. The van der Waals surface area contributed by atoms with Gasteiger partial charge in [0.25, 0.3) is 5.91 Å². The Balaban J connectivity index is 1.72. The first-order valence-corrected chi connectivity index (χ1v) is 8.81. The fourth-order valence-electron chi connectivity index (χ4n) is 2.93. The van der Waals surface area contributed by atoms with Gasteiger partial charge in [0.15, 0.2) is 0 Å². The van der Waals surface area contributed by atoms with Crippen LogP contribution < -0.4 is 10.6 Å². The molecule has 7 heteroatoms. The van der Waals surface area contributed by atoms with Crippen LogP contribution in [0.25, 0.3) is 0 Å². The van der Waals surface area contributed by atoms with E-state index in [1.165, 1.54) is 7.11 Å². The number of aromatic nitrogens is 2. The Hall–Kier alpha value is -3.61. The SMILES string of the molecule is COC(=O)Nc1ccc(NC(=O)c2cc(C)n(Cc3ccccn3)c2C)cc1. The Labute approximate surface area is 163 Å². The third kappa shape index (κ3) is 4.37. The number of nitrogens with one attached hydrogen (secondary N) is 2. The van der Waals surface area contributed by atoms with Crippen molar-refractivity contribution in [2.45, 2.75) is 20.4 Å². The largest absolute Gasteiger partial charge is 0.453 e. The van der Waals surface area contributed by atoms with Gasteiger partial charge in [0.1, 0.15) is 0 Å². The highest BCUT2D eigenvalue weighted by atomic mass is 16.5. The van der Waals surface area contributed by atoms with E-state index in [9.17, 15) is 9.59 Å². The smallest absolute Gasteiger partial charge is 0.411 e. The fraction of sp³-hybridized carbons (Fsp3) is 0.190. The maximum absolute atomic E-state index is 12.7. The molecule has 0 fully saturated rings. The molecule has 0 bridgehead atoms. The van der Waals surface area contributed by atoms with E-state index in [0.717, 1.165) is 17.1 Å². The van der Waals surface area contributed by atoms with E-state index in [0.29, 0.717) is 23.5 Å². The van der Waals surface area contributed by atoms with Gasteiger partial charge in [-0.3, -0.25) is 15.1 Å². The molecule has 7 nitrogen and oxygen atoms in total. The van der Waals surface area contributed by atoms with Crippen LogP contribution in [0.15, 0.2) is 54.7 Å². The minimum atomic E-state index is -0.544. The Morgan fingerprint density at radius 1 is 1.04 bits per heavy atom. The quantitative estimate of drug-likeness (QED) is 0.703. The van der Waals surface area contributed by atoms with Crippen molar-refractivity contribution in [3.8, 4) is 0 Å². The maximum atomic E-state index is 12.7. The van der Waals surface area contributed by atoms with Gasteiger partial charge in [-0.25, -0.2) is 4.79 Å². The third-order valence-corrected chi connectivity index (χ3v) is 4.44. The van der Waals surface area contributed by atoms with Crippen LogP contribution in [0.3, 0.4) is 0 Å². The molecule has 3 rings (SSSR count). The zero-order chi connectivity index (χ0) is 20.1. The highest BCUT2D eigenvalue weighted by Gasteiger charge is 2.16. The molecule has 2 heterocycles. The molecule has 3 aromatic rings. The zero-order valence-electron chi connectivity index (χ0n) is 16.0. The van der Waals surface area contributed by atoms with Crippen LogP contribution in [0, 0.1) is 13.8 Å². The number of aryl methyl sites for hydroxylation is 1. The number of carbonyl (C=O) groups excluding carboxylic acids is 2. The van der Waals surface area contributed by atoms with E-state index in [1.807, 2.05) is 38.1 Å². The minimum absolute atomic E-state index is 0.186. The van der Waals surface area contributed by atoms with Crippen LogP contribution in [0.2, 0.25) is 0 Å². The lowest BCUT2D eigenvalue weighted by Gasteiger charge is -2.10. The molecule has 2 N–H and O–H groups in total. The standard InChI is InChI=1S/C21H22N4O3/c1-14-12-19(15(2)25(14)13-18-6-4-5-11-22-18)20(26)23-16-7-9-17(10-8-16)24-21(27)28-3/h4-12H,13H2,1-3H3,(H,23,26)(H,24,27). The number of amides is 2. The van der Waals surface area contributed by atoms with Gasteiger partial charge in [-0.2, -0.15) is 0 Å². The summed E-state index contributed by atoms with van der Waals surface area (Å²) in [6.45, 7) is 4.51. The van der Waals surface area contributed by atoms with Gasteiger partial charge in [-0.15, -0.1) is 0 Å². The number of benzene rings is 1. The van der Waals surface area contributed by atoms with E-state index in [1.54, 1.807) is 30.5 Å². The van der Waals surface area contributed by atoms with E-state index >= 15 is 0 Å². The number of carbonyl (C=O) groups is 2. The average Bonchev–Trinajstić information content (AvgIpc) is 2.98. The summed E-state index contributed by atoms with van der Waals surface area (Å²) in [6.07, 6.45) is 1.22. The van der Waals surface area contributed by atoms with Crippen molar-refractivity contribution in [1.82, 2.24) is 9.55 Å². The molecule has 144 valence electrons. The Morgan fingerprint density at radius 2 is 1.71 bits per heavy atom. The predicted molar refractivity (Wildman–Crippen MR) is 108 cm³/mol. The highest BCUT2D eigenvalue weighted by Crippen LogP contribution is 2.19. The van der Waals surface area contributed by atoms with Crippen LogP contribution in [0.5, 0.6) is 0 Å². The van der Waals surface area contributed by atoms with Gasteiger partial charge in [0, 0.05) is 29.0 Å². The van der Waals surface area contributed by atoms with Crippen LogP contribution in [-0.4, -0.2) is 28.7 Å². The summed E-state index contributed by atoms with van der Waals surface area (Å²) in [6, 6.07) is 14.5. The molecule has 0 saturated heterocycles. The summed E-state index contributed by atoms with van der Waals surface area (Å²) >= 11 is 0. The van der Waals surface area contributed by atoms with Crippen molar-refractivity contribution in [3.05, 3.63) is 77.4 Å². The van der Waals surface area contributed by atoms with Crippen LogP contribution in [0.1, 0.15) is 27.4 Å². The van der Waals surface area contributed by atoms with E-state index < -0.39 is 6.09 Å². The average molecular weight is 378 g/mol. The first-order chi connectivity index (χ1) is 13.5. The van der Waals surface area contributed by atoms with Crippen LogP contribution >= 0.6 is 0 Å². The van der Waals surface area contributed by atoms with Gasteiger partial charge in [-0.05, 0) is 56.3 Å². The van der Waals surface area contributed by atoms with Crippen molar-refractivity contribution in [3.63, 3.8) is 0 Å². The van der Waals surface area contributed by atoms with Gasteiger partial charge in [0.2, 0.25) is 0 Å². The van der Waals surface area contributed by atoms with Gasteiger partial charge < -0.3 is 14.6 Å². The normalized spacial score (nSPS) is 10.4. The lowest BCUT2D eigenvalue weighted by atomic mass is 10.2. The molecule has 0 atom stereocenters. The Bertz CT molecular complexity index is 979. The molecular weight excluding hydrogens is 356 g/mol. The lowest BCUT2D eigenvalue weighted by Crippen LogP contribution is -2.14. The summed E-state index contributed by atoms with van der Waals surface area (Å²) in [5, 5.41) is 5.45. The van der Waals surface area contributed by atoms with Gasteiger partial charge in [-0.1, -0.05) is 6.07 Å². The molecule has 28 heavy (non-hydrogen) atoms. The van der Waals surface area contributed by atoms with E-state index in [2.05, 4.69) is 24.9 Å². The highest BCUT2D eigenvalue weighted by molar-refractivity contribution is 6.05. The maximum Gasteiger partial charge on any atom is 0.411 e. The molecule has 0 aliphatic carbocycles. The first-order valence-electron chi connectivity index (χ1n) is 8.81. The van der Waals surface area contributed by atoms with Crippen molar-refractivity contribution in [2.75, 3.05) is 17.7 Å². The fourth-order valence-corrected chi connectivity index (χ4v) is 2.93. The second kappa shape index (κ2) is 8.39. The number of hydrogen-bond donors (Lipinski definition) is 2. The summed E-state index contributed by atoms with van der Waals surface area (Å²) in [4.78, 5) is 28.3. The lowest BCUT2D eigenvalue weighted by molar-refractivity contribution is 0.102. The molecule has 0 aliphatic rings. The summed E-state index contributed by atoms with van der Waals surface area (Å²) < 4.78 is 6.62. The molecule has 0 unspecified atom stereocenters. The predicted octanol–water partition coefficient (Wildman–Crippen LogP) is 3.98. The first kappa shape index (κ1) is 19.2. The third-order valence-electron chi connectivity index (χ3n) is 4.44. The molecule has 0 aliphatic heterocycles. The van der Waals surface area contributed by atoms with Gasteiger partial charge >= 0.3 is 6.09 Å². The summed E-state index contributed by atoms with van der Waals surface area (Å²) in [7, 11) is 1.30. The van der Waals surface area contributed by atoms with Crippen LogP contribution in [-0.2, 0) is 11.3 Å². The summed E-state index contributed by atoms with van der Waals surface area (Å²) in [5.41, 5.74) is 4.64. The van der Waals surface area contributed by atoms with E-state index in [-0.39, 0.29) is 5.91 Å². The van der Waals surface area contributed by atoms with E-state index in [4.69, 9.17) is 0 Å². The van der Waals surface area contributed by atoms with Crippen molar-refractivity contribution >= 4 is 23.4 Å². The molecule has 2 amide bonds. The minimum Gasteiger partial charge on any atom is -0.453 e. The Kier molecular flexibility index (Phi) is 5.74. The van der Waals surface area contributed by atoms with Gasteiger partial charge in [0.05, 0.1) is 24.9 Å². The number of methoxy groups -OCH3 is 1. The molecule has 2 aromatic heterocycles. The Morgan fingerprint density at radius 3 is 2.32 bits per heavy atom. The zero-order valence-corrected chi connectivity index (χ0v) is 16.0. The number of anilines is 2. The van der Waals surface area contributed by atoms with Crippen molar-refractivity contribution in [2.24, 2.45) is 0 Å². The van der Waals surface area contributed by atoms with Crippen LogP contribution in [0.4, 0.5) is 16.2 Å². The van der Waals surface area contributed by atoms with Crippen molar-refractivity contribution in [1.29, 1.82) is 0 Å². The topological polar surface area (TPSA) is 85.3 Å². The molecule has 1 aromatic carbocycles. The second-order valence-corrected chi connectivity index (χ2v) is 6.34. The van der Waals surface area contributed by atoms with Crippen molar-refractivity contribution < 1.29 is 14.3 Å². The second-order valence-electron chi connectivity index (χ2n) is 6.34. The summed E-state index contributed by atoms with van der Waals surface area (Å²) in [5.74, 6) is -0.186. The number of rotatable bonds is 5. The number of hydrogen-bond acceptors (Lipinski definition) is 4. The molecule has 0 saturated carbocycles. The number of pyridine rings is 1. The number of nitrogens with zero attached hydrogens (tertiary/aromatic N) is 2. The monoisotopic (exact) mass is 378 g/mol. The number of ether oxygens (including phenoxy) is 1.